The first-order valence-corrected chi connectivity index (χ1v) is 13.7. The lowest BCUT2D eigenvalue weighted by atomic mass is 10.1. The molecule has 10 heteroatoms. The maximum Gasteiger partial charge on any atom is 0.208 e. The van der Waals surface area contributed by atoms with Gasteiger partial charge in [0.05, 0.1) is 42.3 Å². The van der Waals surface area contributed by atoms with Gasteiger partial charge in [-0.3, -0.25) is 5.41 Å². The van der Waals surface area contributed by atoms with Crippen molar-refractivity contribution in [2.75, 3.05) is 6.26 Å². The van der Waals surface area contributed by atoms with E-state index in [4.69, 9.17) is 11.1 Å². The molecule has 3 N–H and O–H groups in total. The number of amidine groups is 1. The number of imidazole rings is 1. The van der Waals surface area contributed by atoms with Crippen molar-refractivity contribution in [2.45, 2.75) is 20.0 Å². The van der Waals surface area contributed by atoms with Crippen molar-refractivity contribution in [3.05, 3.63) is 82.4 Å². The van der Waals surface area contributed by atoms with E-state index in [2.05, 4.69) is 27.5 Å². The normalized spacial score (nSPS) is 12.7. The summed E-state index contributed by atoms with van der Waals surface area (Å²) in [6.45, 7) is 3.97. The number of hydrogen-bond acceptors (Lipinski definition) is 6. The molecule has 2 aromatic heterocycles. The Balaban J connectivity index is 1.85. The molecular weight excluding hydrogens is 528 g/mol. The van der Waals surface area contributed by atoms with Crippen molar-refractivity contribution in [3.63, 3.8) is 0 Å². The van der Waals surface area contributed by atoms with Crippen LogP contribution in [0.3, 0.4) is 0 Å². The molecule has 0 radical (unpaired) electrons. The predicted octanol–water partition coefficient (Wildman–Crippen LogP) is 5.47. The SMILES string of the molecule is C=C[C@@H](c1ccccc1)n1cnc2cc(S(=O)(=O)c3cc(C(=N)N)sc3SC)cc(Br)c21. The molecule has 0 aliphatic heterocycles. The zero-order valence-electron chi connectivity index (χ0n) is 16.9. The molecule has 4 aromatic rings. The lowest BCUT2D eigenvalue weighted by Crippen LogP contribution is -2.09. The van der Waals surface area contributed by atoms with E-state index in [1.54, 1.807) is 24.7 Å². The molecule has 6 nitrogen and oxygen atoms in total. The summed E-state index contributed by atoms with van der Waals surface area (Å²) >= 11 is 6.07. The number of thioether (sulfide) groups is 1. The molecule has 0 fully saturated rings. The van der Waals surface area contributed by atoms with Gasteiger partial charge >= 0.3 is 0 Å². The van der Waals surface area contributed by atoms with Crippen LogP contribution in [0.15, 0.2) is 86.0 Å². The van der Waals surface area contributed by atoms with E-state index < -0.39 is 9.84 Å². The molecule has 0 spiro atoms. The molecule has 1 atom stereocenters. The highest BCUT2D eigenvalue weighted by atomic mass is 79.9. The largest absolute Gasteiger partial charge is 0.383 e. The summed E-state index contributed by atoms with van der Waals surface area (Å²) in [6.07, 6.45) is 5.32. The molecule has 2 aromatic carbocycles. The number of nitrogen functional groups attached to an aromatic ring is 1. The molecule has 0 unspecified atom stereocenters. The van der Waals surface area contributed by atoms with Crippen LogP contribution in [0.25, 0.3) is 11.0 Å². The minimum atomic E-state index is -3.84. The highest BCUT2D eigenvalue weighted by Gasteiger charge is 2.27. The third kappa shape index (κ3) is 3.92. The lowest BCUT2D eigenvalue weighted by Gasteiger charge is -2.17. The van der Waals surface area contributed by atoms with E-state index in [0.717, 1.165) is 11.1 Å². The summed E-state index contributed by atoms with van der Waals surface area (Å²) in [7, 11) is -3.84. The van der Waals surface area contributed by atoms with Crippen LogP contribution in [0.4, 0.5) is 0 Å². The van der Waals surface area contributed by atoms with Gasteiger partial charge in [0.2, 0.25) is 9.84 Å². The molecule has 0 aliphatic rings. The summed E-state index contributed by atoms with van der Waals surface area (Å²) in [6, 6.07) is 14.4. The van der Waals surface area contributed by atoms with E-state index in [9.17, 15) is 8.42 Å². The molecule has 164 valence electrons. The summed E-state index contributed by atoms with van der Waals surface area (Å²) < 4.78 is 30.1. The number of nitrogens with one attached hydrogen (secondary N) is 1. The van der Waals surface area contributed by atoms with Crippen LogP contribution in [0.5, 0.6) is 0 Å². The highest BCUT2D eigenvalue weighted by Crippen LogP contribution is 2.39. The monoisotopic (exact) mass is 546 g/mol. The van der Waals surface area contributed by atoms with E-state index in [0.29, 0.717) is 19.1 Å². The fraction of sp³-hybridized carbons (Fsp3) is 0.0909. The number of thiophene rings is 1. The number of benzene rings is 2. The molecule has 2 heterocycles. The molecule has 4 rings (SSSR count). The van der Waals surface area contributed by atoms with E-state index >= 15 is 0 Å². The van der Waals surface area contributed by atoms with Gasteiger partial charge in [0.25, 0.3) is 0 Å². The first-order valence-electron chi connectivity index (χ1n) is 9.38. The quantitative estimate of drug-likeness (QED) is 0.138. The Morgan fingerprint density at radius 3 is 2.66 bits per heavy atom. The van der Waals surface area contributed by atoms with Gasteiger partial charge in [0.1, 0.15) is 5.84 Å². The second-order valence-corrected chi connectivity index (χ2v) is 11.8. The summed E-state index contributed by atoms with van der Waals surface area (Å²) in [5, 5.41) is 7.66. The van der Waals surface area contributed by atoms with Gasteiger partial charge in [0, 0.05) is 4.47 Å². The van der Waals surface area contributed by atoms with E-state index in [1.165, 1.54) is 29.2 Å². The smallest absolute Gasteiger partial charge is 0.208 e. The van der Waals surface area contributed by atoms with Crippen molar-refractivity contribution in [3.8, 4) is 0 Å². The summed E-state index contributed by atoms with van der Waals surface area (Å²) in [5.41, 5.74) is 7.96. The van der Waals surface area contributed by atoms with Crippen LogP contribution in [0.1, 0.15) is 16.5 Å². The summed E-state index contributed by atoms with van der Waals surface area (Å²) in [5.74, 6) is -0.154. The highest BCUT2D eigenvalue weighted by molar-refractivity contribution is 9.10. The Labute approximate surface area is 202 Å². The van der Waals surface area contributed by atoms with Crippen LogP contribution in [-0.4, -0.2) is 30.1 Å². The van der Waals surface area contributed by atoms with Gasteiger partial charge in [-0.15, -0.1) is 29.7 Å². The number of fused-ring (bicyclic) bond motifs is 1. The number of hydrogen-bond donors (Lipinski definition) is 2. The van der Waals surface area contributed by atoms with Gasteiger partial charge < -0.3 is 10.3 Å². The third-order valence-corrected chi connectivity index (χ3v) is 9.90. The van der Waals surface area contributed by atoms with Crippen LogP contribution in [0.2, 0.25) is 0 Å². The number of aromatic nitrogens is 2. The number of rotatable bonds is 7. The maximum absolute atomic E-state index is 13.5. The standard InChI is InChI=1S/C22H19BrN4O2S3/c1-3-17(13-7-5-4-6-8-13)27-12-26-16-10-14(9-15(23)20(16)27)32(28,29)19-11-18(21(24)25)31-22(19)30-2/h3-12,17H,1H2,2H3,(H3,24,25)/t17-/m0/s1. The Hall–Kier alpha value is -2.40. The van der Waals surface area contributed by atoms with E-state index in [1.807, 2.05) is 41.0 Å². The zero-order chi connectivity index (χ0) is 23.0. The van der Waals surface area contributed by atoms with Crippen LogP contribution in [0, 0.1) is 5.41 Å². The summed E-state index contributed by atoms with van der Waals surface area (Å²) in [4.78, 5) is 5.18. The average Bonchev–Trinajstić information content (AvgIpc) is 3.40. The van der Waals surface area contributed by atoms with Crippen molar-refractivity contribution in [1.29, 1.82) is 5.41 Å². The molecule has 0 bridgehead atoms. The van der Waals surface area contributed by atoms with Gasteiger partial charge in [-0.2, -0.15) is 0 Å². The lowest BCUT2D eigenvalue weighted by molar-refractivity contribution is 0.595. The molecular formula is C22H19BrN4O2S3. The molecule has 0 saturated heterocycles. The van der Waals surface area contributed by atoms with Crippen molar-refractivity contribution < 1.29 is 8.42 Å². The third-order valence-electron chi connectivity index (χ3n) is 4.98. The van der Waals surface area contributed by atoms with Gasteiger partial charge in [-0.1, -0.05) is 36.4 Å². The number of nitrogens with zero attached hydrogens (tertiary/aromatic N) is 2. The van der Waals surface area contributed by atoms with Crippen molar-refractivity contribution >= 4 is 65.7 Å². The van der Waals surface area contributed by atoms with Crippen molar-refractivity contribution in [2.24, 2.45) is 5.73 Å². The predicted molar refractivity (Wildman–Crippen MR) is 135 cm³/mol. The fourth-order valence-electron chi connectivity index (χ4n) is 3.47. The minimum Gasteiger partial charge on any atom is -0.383 e. The van der Waals surface area contributed by atoms with E-state index in [-0.39, 0.29) is 21.7 Å². The van der Waals surface area contributed by atoms with Crippen LogP contribution >= 0.6 is 39.0 Å². The Morgan fingerprint density at radius 2 is 2.03 bits per heavy atom. The molecule has 0 saturated carbocycles. The Morgan fingerprint density at radius 1 is 1.31 bits per heavy atom. The second kappa shape index (κ2) is 8.86. The maximum atomic E-state index is 13.5. The minimum absolute atomic E-state index is 0.125. The van der Waals surface area contributed by atoms with Crippen molar-refractivity contribution in [1.82, 2.24) is 9.55 Å². The zero-order valence-corrected chi connectivity index (χ0v) is 21.0. The number of sulfone groups is 1. The van der Waals surface area contributed by atoms with Gasteiger partial charge in [0.15, 0.2) is 0 Å². The van der Waals surface area contributed by atoms with Crippen LogP contribution < -0.4 is 5.73 Å². The first kappa shape index (κ1) is 22.8. The average molecular weight is 548 g/mol. The number of nitrogens with two attached hydrogens (primary N) is 1. The Kier molecular flexibility index (Phi) is 6.30. The molecule has 32 heavy (non-hydrogen) atoms. The second-order valence-electron chi connectivity index (χ2n) is 6.90. The molecule has 0 amide bonds. The molecule has 0 aliphatic carbocycles. The Bertz CT molecular complexity index is 1440. The topological polar surface area (TPSA) is 102 Å². The fourth-order valence-corrected chi connectivity index (χ4v) is 8.18. The number of halogens is 1. The van der Waals surface area contributed by atoms with Gasteiger partial charge in [-0.05, 0) is 45.9 Å². The van der Waals surface area contributed by atoms with Crippen LogP contribution in [-0.2, 0) is 9.84 Å². The number of allylic oxidation sites excluding steroid dienone is 1. The first-order chi connectivity index (χ1) is 15.3. The van der Waals surface area contributed by atoms with Gasteiger partial charge in [-0.25, -0.2) is 13.4 Å².